The van der Waals surface area contributed by atoms with Gasteiger partial charge in [0.15, 0.2) is 13.3 Å². The zero-order valence-corrected chi connectivity index (χ0v) is 23.9. The Morgan fingerprint density at radius 1 is 0.444 bits per heavy atom. The summed E-state index contributed by atoms with van der Waals surface area (Å²) >= 11 is 17.3. The van der Waals surface area contributed by atoms with Crippen LogP contribution in [0.25, 0.3) is 0 Å². The molecule has 4 aromatic heterocycles. The Labute approximate surface area is 256 Å². The summed E-state index contributed by atoms with van der Waals surface area (Å²) in [5, 5.41) is 15.4. The minimum atomic E-state index is -5.94. The number of H-pyrrole nitrogens is 8. The average molecular weight is 755 g/mol. The fourth-order valence-corrected chi connectivity index (χ4v) is 2.60. The van der Waals surface area contributed by atoms with Crippen LogP contribution >= 0.6 is 48.9 Å². The third kappa shape index (κ3) is 9.97. The van der Waals surface area contributed by atoms with Crippen LogP contribution in [0, 0.1) is 31.2 Å². The quantitative estimate of drug-likeness (QED) is 0.0815. The van der Waals surface area contributed by atoms with Gasteiger partial charge in [-0.25, -0.2) is 8.78 Å². The number of hydrogen-bond acceptors (Lipinski definition) is 8. The zero-order chi connectivity index (χ0) is 35.0. The molecule has 0 saturated carbocycles. The number of nitrogens with zero attached hydrogens (tertiary/aromatic N) is 4. The van der Waals surface area contributed by atoms with Crippen molar-refractivity contribution in [2.45, 2.75) is 29.6 Å². The zero-order valence-electron chi connectivity index (χ0n) is 20.6. The molecule has 8 N–H and O–H groups in total. The molecule has 0 saturated heterocycles. The van der Waals surface area contributed by atoms with Crippen LogP contribution in [0.15, 0.2) is 0 Å². The van der Waals surface area contributed by atoms with Crippen molar-refractivity contribution in [3.63, 3.8) is 0 Å². The fourth-order valence-electron chi connectivity index (χ4n) is 2.06. The van der Waals surface area contributed by atoms with E-state index in [4.69, 9.17) is 0 Å². The van der Waals surface area contributed by atoms with Crippen LogP contribution in [0.1, 0.15) is 11.6 Å². The molecule has 254 valence electrons. The molecule has 0 spiro atoms. The van der Waals surface area contributed by atoms with Crippen LogP contribution in [0.3, 0.4) is 0 Å². The highest BCUT2D eigenvalue weighted by Crippen LogP contribution is 2.50. The van der Waals surface area contributed by atoms with Gasteiger partial charge in [-0.2, -0.15) is 72.6 Å². The number of nitrogens with one attached hydrogen (secondary N) is 8. The van der Waals surface area contributed by atoms with E-state index in [1.54, 1.807) is 10.2 Å². The molecule has 0 amide bonds. The SMILES string of the molecule is FCC(F)(F)C(F)(F)C(F)(F)c1nc(=S)[nH][nH]1.FCC(F)(F)C(F)(F)c1nc(=S)[nH][nH]1.Fc1nc(=S)[nH][nH]1.Fc1nc(=S)[nH][nH]1. The highest BCUT2D eigenvalue weighted by Gasteiger charge is 2.73. The number of hydrogen-bond donors (Lipinski definition) is 8. The van der Waals surface area contributed by atoms with Crippen molar-refractivity contribution in [3.8, 4) is 0 Å². The van der Waals surface area contributed by atoms with E-state index in [1.807, 2.05) is 5.10 Å². The van der Waals surface area contributed by atoms with E-state index in [0.717, 1.165) is 0 Å². The summed E-state index contributed by atoms with van der Waals surface area (Å²) in [5.41, 5.74) is 0. The van der Waals surface area contributed by atoms with E-state index >= 15 is 0 Å². The first-order chi connectivity index (χ1) is 20.4. The molecule has 4 rings (SSSR count). The maximum absolute atomic E-state index is 13.1. The molecule has 0 bridgehead atoms. The van der Waals surface area contributed by atoms with Crippen LogP contribution in [-0.2, 0) is 11.8 Å². The van der Waals surface area contributed by atoms with Crippen LogP contribution < -0.4 is 0 Å². The molecule has 45 heavy (non-hydrogen) atoms. The van der Waals surface area contributed by atoms with E-state index in [9.17, 15) is 61.5 Å². The molecule has 0 unspecified atom stereocenters. The standard InChI is InChI=1S/C6H4F7N3S.C5H4F5N3S.2C2H2FN3S/c7-1-4(8,9)6(12,13)5(10,11)2-14-3(17)16-15-2;6-1-4(7,8)5(9,10)2-11-3(14)13-12-2;2*3-1-4-2(7)6-5-1/h1H2,(H2,14,15,16,17);1H2,(H2,11,12,13,14);2*(H2,4,5,6,7). The van der Waals surface area contributed by atoms with Gasteiger partial charge in [0, 0.05) is 0 Å². The molecule has 30 heteroatoms. The first kappa shape index (κ1) is 39.5. The van der Waals surface area contributed by atoms with Crippen LogP contribution in [0.4, 0.5) is 61.5 Å². The predicted octanol–water partition coefficient (Wildman–Crippen LogP) is 6.18. The summed E-state index contributed by atoms with van der Waals surface area (Å²) < 4.78 is 173. The lowest BCUT2D eigenvalue weighted by molar-refractivity contribution is -0.320. The van der Waals surface area contributed by atoms with Gasteiger partial charge in [0.25, 0.3) is 0 Å². The van der Waals surface area contributed by atoms with Crippen LogP contribution in [-0.4, -0.2) is 91.8 Å². The number of aromatic amines is 8. The normalized spacial score (nSPS) is 12.3. The van der Waals surface area contributed by atoms with Crippen molar-refractivity contribution in [2.24, 2.45) is 0 Å². The minimum Gasteiger partial charge on any atom is -0.280 e. The largest absolute Gasteiger partial charge is 0.382 e. The van der Waals surface area contributed by atoms with Crippen LogP contribution in [0.2, 0.25) is 0 Å². The van der Waals surface area contributed by atoms with Gasteiger partial charge < -0.3 is 0 Å². The second-order valence-electron chi connectivity index (χ2n) is 7.35. The molecule has 0 aliphatic heterocycles. The van der Waals surface area contributed by atoms with Crippen molar-refractivity contribution in [1.29, 1.82) is 0 Å². The Bertz CT molecular complexity index is 1660. The summed E-state index contributed by atoms with van der Waals surface area (Å²) in [6, 6.07) is 0. The molecule has 0 aliphatic rings. The Morgan fingerprint density at radius 3 is 0.978 bits per heavy atom. The number of rotatable bonds is 7. The molecule has 0 fully saturated rings. The molecule has 4 aromatic rings. The highest BCUT2D eigenvalue weighted by atomic mass is 32.1. The lowest BCUT2D eigenvalue weighted by Crippen LogP contribution is -2.54. The third-order valence-corrected chi connectivity index (χ3v) is 4.96. The Morgan fingerprint density at radius 2 is 0.756 bits per heavy atom. The molecule has 4 heterocycles. The summed E-state index contributed by atoms with van der Waals surface area (Å²) in [6.07, 6.45) is -1.35. The Kier molecular flexibility index (Phi) is 13.3. The lowest BCUT2D eigenvalue weighted by atomic mass is 10.1. The fraction of sp³-hybridized carbons (Fsp3) is 0.467. The van der Waals surface area contributed by atoms with Gasteiger partial charge in [0.1, 0.15) is 0 Å². The van der Waals surface area contributed by atoms with Gasteiger partial charge in [-0.15, -0.1) is 0 Å². The summed E-state index contributed by atoms with van der Waals surface area (Å²) in [6.45, 7) is -5.41. The van der Waals surface area contributed by atoms with E-state index in [1.165, 1.54) is 5.10 Å². The maximum Gasteiger partial charge on any atom is 0.382 e. The smallest absolute Gasteiger partial charge is 0.280 e. The second-order valence-corrected chi connectivity index (χ2v) is 8.89. The summed E-state index contributed by atoms with van der Waals surface area (Å²) in [4.78, 5) is 11.9. The molecule has 0 atom stereocenters. The van der Waals surface area contributed by atoms with Crippen molar-refractivity contribution >= 4 is 48.9 Å². The minimum absolute atomic E-state index is 0.137. The van der Waals surface area contributed by atoms with E-state index in [2.05, 4.69) is 89.2 Å². The van der Waals surface area contributed by atoms with Crippen molar-refractivity contribution < 1.29 is 61.5 Å². The van der Waals surface area contributed by atoms with Gasteiger partial charge in [-0.05, 0) is 48.9 Å². The number of halogens is 14. The van der Waals surface area contributed by atoms with E-state index < -0.39 is 76.3 Å². The van der Waals surface area contributed by atoms with E-state index in [0.29, 0.717) is 0 Å². The lowest BCUT2D eigenvalue weighted by Gasteiger charge is -2.29. The Hall–Kier alpha value is -3.54. The van der Waals surface area contributed by atoms with Gasteiger partial charge in [0.05, 0.1) is 0 Å². The average Bonchev–Trinajstić information content (AvgIpc) is 3.75. The molecule has 0 aromatic carbocycles. The van der Waals surface area contributed by atoms with Crippen molar-refractivity contribution in [2.75, 3.05) is 13.3 Å². The maximum atomic E-state index is 13.1. The van der Waals surface area contributed by atoms with Crippen molar-refractivity contribution in [3.05, 3.63) is 42.9 Å². The van der Waals surface area contributed by atoms with Crippen LogP contribution in [0.5, 0.6) is 0 Å². The van der Waals surface area contributed by atoms with E-state index in [-0.39, 0.29) is 9.54 Å². The molecular weight excluding hydrogens is 742 g/mol. The highest BCUT2D eigenvalue weighted by molar-refractivity contribution is 7.71. The van der Waals surface area contributed by atoms with Gasteiger partial charge in [-0.1, -0.05) is 0 Å². The van der Waals surface area contributed by atoms with Gasteiger partial charge >= 0.3 is 41.8 Å². The Balaban J connectivity index is 0.000000321. The summed E-state index contributed by atoms with van der Waals surface area (Å²) in [7, 11) is 0. The first-order valence-corrected chi connectivity index (χ1v) is 12.0. The molecule has 0 radical (unpaired) electrons. The number of alkyl halides is 12. The predicted molar refractivity (Wildman–Crippen MR) is 130 cm³/mol. The first-order valence-electron chi connectivity index (χ1n) is 10.4. The molecule has 12 nitrogen and oxygen atoms in total. The third-order valence-electron chi connectivity index (χ3n) is 4.19. The summed E-state index contributed by atoms with van der Waals surface area (Å²) in [5.74, 6) is -29.6. The second kappa shape index (κ2) is 15.2. The number of aromatic nitrogens is 12. The van der Waals surface area contributed by atoms with Gasteiger partial charge in [-0.3, -0.25) is 40.8 Å². The topological polar surface area (TPSA) is 178 Å². The van der Waals surface area contributed by atoms with Crippen molar-refractivity contribution in [1.82, 2.24) is 60.7 Å². The monoisotopic (exact) mass is 754 g/mol. The molecule has 0 aliphatic carbocycles. The molecular formula is C15H12F14N12S4. The van der Waals surface area contributed by atoms with Gasteiger partial charge in [0.2, 0.25) is 30.7 Å².